The molecule has 0 unspecified atom stereocenters. The summed E-state index contributed by atoms with van der Waals surface area (Å²) < 4.78 is 42.3. The second-order valence-corrected chi connectivity index (χ2v) is 4.67. The lowest BCUT2D eigenvalue weighted by Gasteiger charge is -2.21. The van der Waals surface area contributed by atoms with Crippen LogP contribution in [0.3, 0.4) is 0 Å². The zero-order chi connectivity index (χ0) is 14.8. The molecule has 0 amide bonds. The Balaban J connectivity index is 1.83. The maximum atomic E-state index is 13.1. The molecule has 1 aliphatic heterocycles. The number of hydrogen-bond acceptors (Lipinski definition) is 4. The van der Waals surface area contributed by atoms with Crippen LogP contribution in [0.25, 0.3) is 0 Å². The quantitative estimate of drug-likeness (QED) is 0.884. The van der Waals surface area contributed by atoms with Crippen molar-refractivity contribution >= 4 is 5.69 Å². The lowest BCUT2D eigenvalue weighted by molar-refractivity contribution is -0.0175. The highest BCUT2D eigenvalue weighted by atomic mass is 19.1. The molecule has 2 N–H and O–H groups in total. The van der Waals surface area contributed by atoms with Gasteiger partial charge in [0.1, 0.15) is 29.7 Å². The van der Waals surface area contributed by atoms with Gasteiger partial charge in [-0.25, -0.2) is 8.78 Å². The topological polar surface area (TPSA) is 53.7 Å². The molecular formula is C15H13F2NO3. The van der Waals surface area contributed by atoms with Crippen molar-refractivity contribution in [1.29, 1.82) is 0 Å². The number of anilines is 1. The van der Waals surface area contributed by atoms with Gasteiger partial charge in [-0.05, 0) is 12.1 Å². The molecule has 6 heteroatoms. The normalized spacial score (nSPS) is 13.4. The van der Waals surface area contributed by atoms with Crippen LogP contribution in [0, 0.1) is 11.6 Å². The van der Waals surface area contributed by atoms with E-state index in [1.165, 1.54) is 0 Å². The SMILES string of the molecule is Nc1cc2c(c(COc3cc(F)cc(F)c3)c1)OCOC2. The van der Waals surface area contributed by atoms with E-state index in [2.05, 4.69) is 0 Å². The first-order valence-corrected chi connectivity index (χ1v) is 6.32. The second-order valence-electron chi connectivity index (χ2n) is 4.67. The van der Waals surface area contributed by atoms with Gasteiger partial charge in [-0.3, -0.25) is 0 Å². The highest BCUT2D eigenvalue weighted by Gasteiger charge is 2.16. The van der Waals surface area contributed by atoms with Gasteiger partial charge in [-0.1, -0.05) is 0 Å². The van der Waals surface area contributed by atoms with Gasteiger partial charge < -0.3 is 19.9 Å². The molecule has 2 aromatic rings. The molecule has 0 fully saturated rings. The summed E-state index contributed by atoms with van der Waals surface area (Å²) >= 11 is 0. The van der Waals surface area contributed by atoms with Gasteiger partial charge in [0.25, 0.3) is 0 Å². The number of nitrogen functional groups attached to an aromatic ring is 1. The monoisotopic (exact) mass is 293 g/mol. The number of fused-ring (bicyclic) bond motifs is 1. The summed E-state index contributed by atoms with van der Waals surface area (Å²) in [6, 6.07) is 6.49. The third kappa shape index (κ3) is 3.05. The van der Waals surface area contributed by atoms with Crippen molar-refractivity contribution in [3.63, 3.8) is 0 Å². The van der Waals surface area contributed by atoms with Crippen LogP contribution in [0.5, 0.6) is 11.5 Å². The van der Waals surface area contributed by atoms with E-state index in [1.807, 2.05) is 0 Å². The average molecular weight is 293 g/mol. The summed E-state index contributed by atoms with van der Waals surface area (Å²) in [4.78, 5) is 0. The fraction of sp³-hybridized carbons (Fsp3) is 0.200. The number of benzene rings is 2. The number of halogens is 2. The largest absolute Gasteiger partial charge is 0.489 e. The minimum atomic E-state index is -0.691. The van der Waals surface area contributed by atoms with E-state index in [0.29, 0.717) is 23.6 Å². The molecular weight excluding hydrogens is 280 g/mol. The zero-order valence-corrected chi connectivity index (χ0v) is 11.1. The predicted octanol–water partition coefficient (Wildman–Crippen LogP) is 2.99. The number of hydrogen-bond donors (Lipinski definition) is 1. The Morgan fingerprint density at radius 3 is 2.62 bits per heavy atom. The molecule has 0 aromatic heterocycles. The zero-order valence-electron chi connectivity index (χ0n) is 11.1. The second kappa shape index (κ2) is 5.57. The van der Waals surface area contributed by atoms with Gasteiger partial charge in [0.2, 0.25) is 0 Å². The molecule has 3 rings (SSSR count). The predicted molar refractivity (Wildman–Crippen MR) is 71.8 cm³/mol. The highest BCUT2D eigenvalue weighted by Crippen LogP contribution is 2.31. The van der Waals surface area contributed by atoms with Crippen molar-refractivity contribution in [2.75, 3.05) is 12.5 Å². The summed E-state index contributed by atoms with van der Waals surface area (Å²) in [7, 11) is 0. The third-order valence-electron chi connectivity index (χ3n) is 3.04. The maximum absolute atomic E-state index is 13.1. The first-order chi connectivity index (χ1) is 10.1. The molecule has 0 spiro atoms. The third-order valence-corrected chi connectivity index (χ3v) is 3.04. The molecule has 1 heterocycles. The van der Waals surface area contributed by atoms with E-state index in [0.717, 1.165) is 23.8 Å². The van der Waals surface area contributed by atoms with E-state index < -0.39 is 11.6 Å². The number of ether oxygens (including phenoxy) is 3. The van der Waals surface area contributed by atoms with Gasteiger partial charge in [0.15, 0.2) is 6.79 Å². The van der Waals surface area contributed by atoms with Crippen LogP contribution in [-0.2, 0) is 18.0 Å². The van der Waals surface area contributed by atoms with Crippen LogP contribution in [0.2, 0.25) is 0 Å². The van der Waals surface area contributed by atoms with Crippen molar-refractivity contribution < 1.29 is 23.0 Å². The Labute approximate surface area is 120 Å². The van der Waals surface area contributed by atoms with Gasteiger partial charge in [-0.15, -0.1) is 0 Å². The maximum Gasteiger partial charge on any atom is 0.189 e. The molecule has 0 saturated heterocycles. The van der Waals surface area contributed by atoms with Crippen molar-refractivity contribution in [2.24, 2.45) is 0 Å². The number of nitrogens with two attached hydrogens (primary N) is 1. The molecule has 0 bridgehead atoms. The van der Waals surface area contributed by atoms with Gasteiger partial charge in [-0.2, -0.15) is 0 Å². The van der Waals surface area contributed by atoms with E-state index in [-0.39, 0.29) is 19.1 Å². The smallest absolute Gasteiger partial charge is 0.189 e. The molecule has 110 valence electrons. The molecule has 0 atom stereocenters. The standard InChI is InChI=1S/C15H13F2NO3/c16-11-3-12(17)5-14(4-11)20-7-10-2-13(18)1-9-6-19-8-21-15(9)10/h1-5H,6-8,18H2. The fourth-order valence-corrected chi connectivity index (χ4v) is 2.21. The van der Waals surface area contributed by atoms with Crippen molar-refractivity contribution in [3.8, 4) is 11.5 Å². The molecule has 0 radical (unpaired) electrons. The van der Waals surface area contributed by atoms with Gasteiger partial charge in [0, 0.05) is 35.0 Å². The Kier molecular flexibility index (Phi) is 3.62. The average Bonchev–Trinajstić information content (AvgIpc) is 2.43. The van der Waals surface area contributed by atoms with Crippen LogP contribution in [0.15, 0.2) is 30.3 Å². The van der Waals surface area contributed by atoms with Crippen LogP contribution < -0.4 is 15.2 Å². The Bertz CT molecular complexity index is 656. The van der Waals surface area contributed by atoms with Crippen LogP contribution in [-0.4, -0.2) is 6.79 Å². The number of rotatable bonds is 3. The Hall–Kier alpha value is -2.34. The molecule has 4 nitrogen and oxygen atoms in total. The summed E-state index contributed by atoms with van der Waals surface area (Å²) in [6.07, 6.45) is 0. The van der Waals surface area contributed by atoms with Crippen LogP contribution in [0.1, 0.15) is 11.1 Å². The van der Waals surface area contributed by atoms with E-state index in [4.69, 9.17) is 19.9 Å². The van der Waals surface area contributed by atoms with Crippen molar-refractivity contribution in [1.82, 2.24) is 0 Å². The molecule has 21 heavy (non-hydrogen) atoms. The summed E-state index contributed by atoms with van der Waals surface area (Å²) in [5.41, 5.74) is 7.89. The molecule has 1 aliphatic rings. The summed E-state index contributed by atoms with van der Waals surface area (Å²) in [5.74, 6) is -0.628. The first kappa shape index (κ1) is 13.6. The Morgan fingerprint density at radius 2 is 1.86 bits per heavy atom. The van der Waals surface area contributed by atoms with E-state index >= 15 is 0 Å². The lowest BCUT2D eigenvalue weighted by atomic mass is 10.1. The summed E-state index contributed by atoms with van der Waals surface area (Å²) in [6.45, 7) is 0.650. The molecule has 2 aromatic carbocycles. The molecule has 0 saturated carbocycles. The van der Waals surface area contributed by atoms with Crippen molar-refractivity contribution in [2.45, 2.75) is 13.2 Å². The van der Waals surface area contributed by atoms with E-state index in [1.54, 1.807) is 12.1 Å². The Morgan fingerprint density at radius 1 is 1.10 bits per heavy atom. The van der Waals surface area contributed by atoms with E-state index in [9.17, 15) is 8.78 Å². The fourth-order valence-electron chi connectivity index (χ4n) is 2.21. The highest BCUT2D eigenvalue weighted by molar-refractivity contribution is 5.53. The minimum Gasteiger partial charge on any atom is -0.489 e. The minimum absolute atomic E-state index is 0.0935. The summed E-state index contributed by atoms with van der Waals surface area (Å²) in [5, 5.41) is 0. The van der Waals surface area contributed by atoms with Gasteiger partial charge in [0.05, 0.1) is 6.61 Å². The lowest BCUT2D eigenvalue weighted by Crippen LogP contribution is -2.14. The van der Waals surface area contributed by atoms with Crippen LogP contribution in [0.4, 0.5) is 14.5 Å². The first-order valence-electron chi connectivity index (χ1n) is 6.32. The van der Waals surface area contributed by atoms with Crippen molar-refractivity contribution in [3.05, 3.63) is 53.1 Å². The molecule has 0 aliphatic carbocycles. The van der Waals surface area contributed by atoms with Crippen LogP contribution >= 0.6 is 0 Å². The van der Waals surface area contributed by atoms with Gasteiger partial charge >= 0.3 is 0 Å².